The van der Waals surface area contributed by atoms with Crippen LogP contribution in [0.5, 0.6) is 5.75 Å². The maximum Gasteiger partial charge on any atom is 0.169 e. The molecule has 3 atom stereocenters. The molecular formula is C17H21Cl2NO2. The van der Waals surface area contributed by atoms with Crippen molar-refractivity contribution in [3.05, 3.63) is 27.7 Å². The lowest BCUT2D eigenvalue weighted by Gasteiger charge is -2.54. The van der Waals surface area contributed by atoms with Crippen molar-refractivity contribution in [3.8, 4) is 5.75 Å². The maximum absolute atomic E-state index is 11.0. The number of aliphatic hydroxyl groups excluding tert-OH is 1. The molecule has 1 N–H and O–H groups in total. The molecule has 1 aromatic carbocycles. The van der Waals surface area contributed by atoms with E-state index in [1.807, 2.05) is 0 Å². The van der Waals surface area contributed by atoms with Gasteiger partial charge in [-0.05, 0) is 37.8 Å². The molecule has 0 bridgehead atoms. The summed E-state index contributed by atoms with van der Waals surface area (Å²) in [5.41, 5.74) is 0.359. The molecule has 0 amide bonds. The number of likely N-dealkylation sites (tertiary alicyclic amines) is 1. The van der Waals surface area contributed by atoms with Gasteiger partial charge in [0.15, 0.2) is 5.72 Å². The van der Waals surface area contributed by atoms with Crippen molar-refractivity contribution in [2.75, 3.05) is 13.1 Å². The second-order valence-corrected chi connectivity index (χ2v) is 7.59. The summed E-state index contributed by atoms with van der Waals surface area (Å²) in [6.07, 6.45) is 6.09. The van der Waals surface area contributed by atoms with Crippen molar-refractivity contribution in [1.82, 2.24) is 4.90 Å². The monoisotopic (exact) mass is 341 g/mol. The Kier molecular flexibility index (Phi) is 3.80. The van der Waals surface area contributed by atoms with Crippen LogP contribution in [0.2, 0.25) is 10.0 Å². The van der Waals surface area contributed by atoms with Crippen LogP contribution in [0, 0.1) is 5.92 Å². The summed E-state index contributed by atoms with van der Waals surface area (Å²) in [6.45, 7) is 2.09. The van der Waals surface area contributed by atoms with Crippen LogP contribution < -0.4 is 4.74 Å². The molecular weight excluding hydrogens is 321 g/mol. The molecule has 0 spiro atoms. The molecule has 2 fully saturated rings. The highest BCUT2D eigenvalue weighted by molar-refractivity contribution is 6.35. The summed E-state index contributed by atoms with van der Waals surface area (Å²) < 4.78 is 6.54. The Labute approximate surface area is 141 Å². The van der Waals surface area contributed by atoms with Crippen LogP contribution in [0.3, 0.4) is 0 Å². The first-order valence-electron chi connectivity index (χ1n) is 8.23. The lowest BCUT2D eigenvalue weighted by Crippen LogP contribution is -2.61. The largest absolute Gasteiger partial charge is 0.470 e. The normalized spacial score (nSPS) is 34.9. The molecule has 0 radical (unpaired) electrons. The summed E-state index contributed by atoms with van der Waals surface area (Å²) in [6, 6.07) is 3.51. The predicted molar refractivity (Wildman–Crippen MR) is 87.5 cm³/mol. The Balaban J connectivity index is 1.83. The fourth-order valence-electron chi connectivity index (χ4n) is 4.54. The minimum Gasteiger partial charge on any atom is -0.470 e. The molecule has 1 saturated carbocycles. The number of rotatable bonds is 1. The van der Waals surface area contributed by atoms with Crippen molar-refractivity contribution >= 4 is 23.2 Å². The number of aliphatic hydroxyl groups is 1. The van der Waals surface area contributed by atoms with Gasteiger partial charge < -0.3 is 9.84 Å². The first-order chi connectivity index (χ1) is 10.6. The lowest BCUT2D eigenvalue weighted by molar-refractivity contribution is -0.184. The van der Waals surface area contributed by atoms with Gasteiger partial charge in [-0.25, -0.2) is 0 Å². The number of nitrogens with zero attached hydrogens (tertiary/aromatic N) is 1. The Morgan fingerprint density at radius 1 is 1.14 bits per heavy atom. The van der Waals surface area contributed by atoms with Crippen LogP contribution >= 0.6 is 23.2 Å². The number of fused-ring (bicyclic) bond motifs is 2. The van der Waals surface area contributed by atoms with Gasteiger partial charge in [-0.15, -0.1) is 0 Å². The third-order valence-corrected chi connectivity index (χ3v) is 6.04. The number of hydrogen-bond donors (Lipinski definition) is 1. The van der Waals surface area contributed by atoms with Gasteiger partial charge in [0.1, 0.15) is 5.75 Å². The zero-order chi connectivity index (χ0) is 15.3. The predicted octanol–water partition coefficient (Wildman–Crippen LogP) is 4.40. The highest BCUT2D eigenvalue weighted by Gasteiger charge is 2.55. The smallest absolute Gasteiger partial charge is 0.169 e. The van der Waals surface area contributed by atoms with Gasteiger partial charge in [-0.1, -0.05) is 29.6 Å². The second-order valence-electron chi connectivity index (χ2n) is 6.74. The fraction of sp³-hybridized carbons (Fsp3) is 0.647. The van der Waals surface area contributed by atoms with E-state index in [0.717, 1.165) is 44.3 Å². The molecule has 1 saturated heterocycles. The van der Waals surface area contributed by atoms with Crippen LogP contribution in [-0.4, -0.2) is 28.8 Å². The Hall–Kier alpha value is -0.480. The van der Waals surface area contributed by atoms with E-state index < -0.39 is 11.8 Å². The highest BCUT2D eigenvalue weighted by atomic mass is 35.5. The molecule has 0 aromatic heterocycles. The zero-order valence-electron chi connectivity index (χ0n) is 12.5. The van der Waals surface area contributed by atoms with Crippen molar-refractivity contribution < 1.29 is 9.84 Å². The summed E-state index contributed by atoms with van der Waals surface area (Å²) in [7, 11) is 0. The molecule has 4 rings (SSSR count). The average molecular weight is 342 g/mol. The van der Waals surface area contributed by atoms with Gasteiger partial charge in [-0.2, -0.15) is 0 Å². The van der Waals surface area contributed by atoms with Gasteiger partial charge in [0, 0.05) is 36.0 Å². The molecule has 2 heterocycles. The van der Waals surface area contributed by atoms with Gasteiger partial charge in [-0.3, -0.25) is 4.90 Å². The maximum atomic E-state index is 11.0. The number of halogens is 2. The molecule has 3 unspecified atom stereocenters. The average Bonchev–Trinajstić information content (AvgIpc) is 3.04. The molecule has 1 aromatic rings. The van der Waals surface area contributed by atoms with Gasteiger partial charge >= 0.3 is 0 Å². The van der Waals surface area contributed by atoms with E-state index in [-0.39, 0.29) is 5.92 Å². The third kappa shape index (κ3) is 2.17. The van der Waals surface area contributed by atoms with Gasteiger partial charge in [0.25, 0.3) is 0 Å². The van der Waals surface area contributed by atoms with Crippen LogP contribution in [0.25, 0.3) is 0 Å². The van der Waals surface area contributed by atoms with Gasteiger partial charge in [0.05, 0.1) is 11.1 Å². The van der Waals surface area contributed by atoms with Crippen LogP contribution in [0.15, 0.2) is 12.1 Å². The lowest BCUT2D eigenvalue weighted by atomic mass is 9.73. The van der Waals surface area contributed by atoms with E-state index in [2.05, 4.69) is 4.90 Å². The van der Waals surface area contributed by atoms with Crippen molar-refractivity contribution in [1.29, 1.82) is 0 Å². The van der Waals surface area contributed by atoms with E-state index in [1.165, 1.54) is 12.8 Å². The van der Waals surface area contributed by atoms with Crippen LogP contribution in [0.4, 0.5) is 0 Å². The van der Waals surface area contributed by atoms with Crippen molar-refractivity contribution in [3.63, 3.8) is 0 Å². The SMILES string of the molecule is OC1c2cc(Cl)cc(Cl)c2OC2(N3CCCC3)CCCCC12. The number of hydrogen-bond acceptors (Lipinski definition) is 3. The topological polar surface area (TPSA) is 32.7 Å². The summed E-state index contributed by atoms with van der Waals surface area (Å²) in [4.78, 5) is 2.44. The zero-order valence-corrected chi connectivity index (χ0v) is 14.0. The number of ether oxygens (including phenoxy) is 1. The molecule has 1 aliphatic carbocycles. The minimum atomic E-state index is -0.555. The van der Waals surface area contributed by atoms with Gasteiger partial charge in [0.2, 0.25) is 0 Å². The summed E-state index contributed by atoms with van der Waals surface area (Å²) >= 11 is 12.5. The van der Waals surface area contributed by atoms with E-state index in [4.69, 9.17) is 27.9 Å². The van der Waals surface area contributed by atoms with E-state index in [0.29, 0.717) is 15.8 Å². The first-order valence-corrected chi connectivity index (χ1v) is 8.98. The van der Waals surface area contributed by atoms with Crippen molar-refractivity contribution in [2.45, 2.75) is 50.4 Å². The molecule has 2 aliphatic heterocycles. The number of benzene rings is 1. The summed E-state index contributed by atoms with van der Waals surface area (Å²) in [5, 5.41) is 12.1. The van der Waals surface area contributed by atoms with Crippen molar-refractivity contribution in [2.24, 2.45) is 5.92 Å². The molecule has 3 nitrogen and oxygen atoms in total. The van der Waals surface area contributed by atoms with E-state index in [9.17, 15) is 5.11 Å². The summed E-state index contributed by atoms with van der Waals surface area (Å²) in [5.74, 6) is 0.727. The Bertz CT molecular complexity index is 588. The highest BCUT2D eigenvalue weighted by Crippen LogP contribution is 2.54. The fourth-order valence-corrected chi connectivity index (χ4v) is 5.09. The standard InChI is InChI=1S/C17H21Cl2NO2/c18-11-9-12-15(21)13-5-1-2-6-17(13,20-7-3-4-8-20)22-16(12)14(19)10-11/h9-10,13,15,21H,1-8H2. The third-order valence-electron chi connectivity index (χ3n) is 5.54. The minimum absolute atomic E-state index is 0.0985. The Morgan fingerprint density at radius 3 is 2.68 bits per heavy atom. The molecule has 5 heteroatoms. The first kappa shape index (κ1) is 15.1. The molecule has 120 valence electrons. The Morgan fingerprint density at radius 2 is 1.91 bits per heavy atom. The van der Waals surface area contributed by atoms with E-state index in [1.54, 1.807) is 12.1 Å². The quantitative estimate of drug-likeness (QED) is 0.821. The van der Waals surface area contributed by atoms with E-state index >= 15 is 0 Å². The molecule has 22 heavy (non-hydrogen) atoms. The van der Waals surface area contributed by atoms with Crippen LogP contribution in [-0.2, 0) is 0 Å². The molecule has 3 aliphatic rings. The second kappa shape index (κ2) is 5.55. The van der Waals surface area contributed by atoms with Crippen LogP contribution in [0.1, 0.15) is 50.2 Å².